The van der Waals surface area contributed by atoms with Gasteiger partial charge < -0.3 is 0 Å². The standard InChI is InChI=1S/C38H36N2/c1-7-27-9-13-31(14-10-27)35-37(33-21-17-29(18-22-33)25(3)4)40-36(32-15-11-28(8-2)12-16-32)38(39-35)34-23-19-30(20-24-34)26(5)6/h7-26H,1-2H2,3-6H3. The molecule has 2 heteroatoms. The number of hydrogen-bond acceptors (Lipinski definition) is 2. The molecule has 0 aliphatic carbocycles. The molecule has 0 amide bonds. The van der Waals surface area contributed by atoms with Crippen LogP contribution in [0, 0.1) is 0 Å². The largest absolute Gasteiger partial charge is 0.243 e. The highest BCUT2D eigenvalue weighted by Crippen LogP contribution is 2.38. The van der Waals surface area contributed by atoms with Gasteiger partial charge in [-0.2, -0.15) is 0 Å². The second kappa shape index (κ2) is 11.7. The zero-order valence-corrected chi connectivity index (χ0v) is 23.9. The molecule has 0 aliphatic rings. The third-order valence-electron chi connectivity index (χ3n) is 7.44. The van der Waals surface area contributed by atoms with Crippen molar-refractivity contribution in [3.8, 4) is 45.0 Å². The Morgan fingerprint density at radius 2 is 0.675 bits per heavy atom. The van der Waals surface area contributed by atoms with Gasteiger partial charge in [-0.3, -0.25) is 0 Å². The number of hydrogen-bond donors (Lipinski definition) is 0. The molecule has 4 aromatic carbocycles. The molecule has 0 spiro atoms. The van der Waals surface area contributed by atoms with Crippen molar-refractivity contribution in [1.29, 1.82) is 0 Å². The molecule has 0 N–H and O–H groups in total. The normalized spacial score (nSPS) is 11.2. The lowest BCUT2D eigenvalue weighted by atomic mass is 9.95. The van der Waals surface area contributed by atoms with Crippen LogP contribution in [0.15, 0.2) is 110 Å². The van der Waals surface area contributed by atoms with E-state index in [1.165, 1.54) is 11.1 Å². The second-order valence-corrected chi connectivity index (χ2v) is 10.8. The van der Waals surface area contributed by atoms with E-state index in [4.69, 9.17) is 9.97 Å². The maximum atomic E-state index is 5.39. The van der Waals surface area contributed by atoms with Crippen molar-refractivity contribution in [1.82, 2.24) is 9.97 Å². The Hall–Kier alpha value is -4.56. The zero-order chi connectivity index (χ0) is 28.2. The summed E-state index contributed by atoms with van der Waals surface area (Å²) in [5.74, 6) is 0.919. The molecule has 40 heavy (non-hydrogen) atoms. The van der Waals surface area contributed by atoms with Gasteiger partial charge in [-0.05, 0) is 34.1 Å². The van der Waals surface area contributed by atoms with E-state index in [2.05, 4.69) is 138 Å². The van der Waals surface area contributed by atoms with Crippen molar-refractivity contribution in [2.45, 2.75) is 39.5 Å². The maximum absolute atomic E-state index is 5.39. The lowest BCUT2D eigenvalue weighted by Crippen LogP contribution is -2.01. The first-order valence-corrected chi connectivity index (χ1v) is 14.0. The van der Waals surface area contributed by atoms with E-state index < -0.39 is 0 Å². The Morgan fingerprint density at radius 3 is 0.900 bits per heavy atom. The van der Waals surface area contributed by atoms with Gasteiger partial charge in [0.05, 0.1) is 22.8 Å². The first-order valence-electron chi connectivity index (χ1n) is 14.0. The minimum absolute atomic E-state index is 0.459. The Kier molecular flexibility index (Phi) is 7.89. The molecule has 0 saturated carbocycles. The van der Waals surface area contributed by atoms with Crippen LogP contribution >= 0.6 is 0 Å². The Labute approximate surface area is 238 Å². The molecule has 0 bridgehead atoms. The van der Waals surface area contributed by atoms with E-state index in [0.29, 0.717) is 11.8 Å². The molecule has 198 valence electrons. The van der Waals surface area contributed by atoms with Crippen LogP contribution in [-0.4, -0.2) is 9.97 Å². The average molecular weight is 521 g/mol. The van der Waals surface area contributed by atoms with Gasteiger partial charge >= 0.3 is 0 Å². The van der Waals surface area contributed by atoms with Gasteiger partial charge in [-0.15, -0.1) is 0 Å². The summed E-state index contributed by atoms with van der Waals surface area (Å²) < 4.78 is 0. The van der Waals surface area contributed by atoms with Crippen LogP contribution in [-0.2, 0) is 0 Å². The van der Waals surface area contributed by atoms with Crippen LogP contribution in [0.5, 0.6) is 0 Å². The third-order valence-corrected chi connectivity index (χ3v) is 7.44. The van der Waals surface area contributed by atoms with Crippen LogP contribution < -0.4 is 0 Å². The highest BCUT2D eigenvalue weighted by atomic mass is 14.9. The van der Waals surface area contributed by atoms with Crippen LogP contribution in [0.2, 0.25) is 0 Å². The molecule has 0 aliphatic heterocycles. The van der Waals surface area contributed by atoms with E-state index in [1.807, 2.05) is 12.2 Å². The zero-order valence-electron chi connectivity index (χ0n) is 23.9. The van der Waals surface area contributed by atoms with Crippen molar-refractivity contribution < 1.29 is 0 Å². The van der Waals surface area contributed by atoms with Gasteiger partial charge in [-0.1, -0.05) is 150 Å². The highest BCUT2D eigenvalue weighted by Gasteiger charge is 2.20. The van der Waals surface area contributed by atoms with Gasteiger partial charge in [0.25, 0.3) is 0 Å². The number of aromatic nitrogens is 2. The molecule has 0 atom stereocenters. The fraction of sp³-hybridized carbons (Fsp3) is 0.158. The fourth-order valence-electron chi connectivity index (χ4n) is 4.85. The molecule has 1 aromatic heterocycles. The van der Waals surface area contributed by atoms with Gasteiger partial charge in [0.15, 0.2) is 0 Å². The molecule has 0 fully saturated rings. The van der Waals surface area contributed by atoms with Crippen molar-refractivity contribution in [3.63, 3.8) is 0 Å². The van der Waals surface area contributed by atoms with Crippen molar-refractivity contribution in [3.05, 3.63) is 132 Å². The molecular formula is C38H36N2. The Balaban J connectivity index is 1.79. The number of benzene rings is 4. The molecule has 1 heterocycles. The molecular weight excluding hydrogens is 484 g/mol. The SMILES string of the molecule is C=Cc1ccc(-c2nc(-c3ccc(C(C)C)cc3)c(-c3ccc(C=C)cc3)nc2-c2ccc(C(C)C)cc2)cc1. The summed E-state index contributed by atoms with van der Waals surface area (Å²) in [6.07, 6.45) is 3.72. The smallest absolute Gasteiger partial charge is 0.0973 e. The summed E-state index contributed by atoms with van der Waals surface area (Å²) in [6, 6.07) is 34.2. The third kappa shape index (κ3) is 5.58. The monoisotopic (exact) mass is 520 g/mol. The first kappa shape index (κ1) is 27.0. The molecule has 5 aromatic rings. The quantitative estimate of drug-likeness (QED) is 0.203. The highest BCUT2D eigenvalue weighted by molar-refractivity contribution is 5.86. The van der Waals surface area contributed by atoms with Gasteiger partial charge in [0, 0.05) is 22.3 Å². The Bertz CT molecular complexity index is 1490. The molecule has 0 unspecified atom stereocenters. The molecule has 2 nitrogen and oxygen atoms in total. The topological polar surface area (TPSA) is 25.8 Å². The average Bonchev–Trinajstić information content (AvgIpc) is 3.00. The van der Waals surface area contributed by atoms with Crippen LogP contribution in [0.25, 0.3) is 57.2 Å². The van der Waals surface area contributed by atoms with Crippen LogP contribution in [0.4, 0.5) is 0 Å². The number of rotatable bonds is 8. The maximum Gasteiger partial charge on any atom is 0.0973 e. The summed E-state index contributed by atoms with van der Waals surface area (Å²) in [6.45, 7) is 16.7. The predicted molar refractivity (Wildman–Crippen MR) is 172 cm³/mol. The molecule has 0 saturated heterocycles. The van der Waals surface area contributed by atoms with E-state index >= 15 is 0 Å². The van der Waals surface area contributed by atoms with Crippen LogP contribution in [0.1, 0.15) is 61.8 Å². The minimum atomic E-state index is 0.459. The fourth-order valence-corrected chi connectivity index (χ4v) is 4.85. The minimum Gasteiger partial charge on any atom is -0.243 e. The van der Waals surface area contributed by atoms with E-state index in [9.17, 15) is 0 Å². The summed E-state index contributed by atoms with van der Waals surface area (Å²) in [7, 11) is 0. The molecule has 0 radical (unpaired) electrons. The van der Waals surface area contributed by atoms with Crippen molar-refractivity contribution in [2.24, 2.45) is 0 Å². The first-order chi connectivity index (χ1) is 19.4. The summed E-state index contributed by atoms with van der Waals surface area (Å²) in [4.78, 5) is 10.8. The van der Waals surface area contributed by atoms with Crippen LogP contribution in [0.3, 0.4) is 0 Å². The lowest BCUT2D eigenvalue weighted by Gasteiger charge is -2.17. The number of nitrogens with zero attached hydrogens (tertiary/aromatic N) is 2. The van der Waals surface area contributed by atoms with Crippen molar-refractivity contribution in [2.75, 3.05) is 0 Å². The van der Waals surface area contributed by atoms with E-state index in [-0.39, 0.29) is 0 Å². The van der Waals surface area contributed by atoms with Gasteiger partial charge in [0.1, 0.15) is 0 Å². The second-order valence-electron chi connectivity index (χ2n) is 10.8. The summed E-state index contributed by atoms with van der Waals surface area (Å²) >= 11 is 0. The Morgan fingerprint density at radius 1 is 0.425 bits per heavy atom. The van der Waals surface area contributed by atoms with E-state index in [0.717, 1.165) is 56.2 Å². The van der Waals surface area contributed by atoms with Crippen molar-refractivity contribution >= 4 is 12.2 Å². The van der Waals surface area contributed by atoms with Gasteiger partial charge in [-0.25, -0.2) is 9.97 Å². The van der Waals surface area contributed by atoms with E-state index in [1.54, 1.807) is 0 Å². The summed E-state index contributed by atoms with van der Waals surface area (Å²) in [5, 5.41) is 0. The van der Waals surface area contributed by atoms with Gasteiger partial charge in [0.2, 0.25) is 0 Å². The molecule has 5 rings (SSSR count). The lowest BCUT2D eigenvalue weighted by molar-refractivity contribution is 0.867. The summed E-state index contributed by atoms with van der Waals surface area (Å²) in [5.41, 5.74) is 12.3. The predicted octanol–water partition coefficient (Wildman–Crippen LogP) is 10.7.